The number of carboxylic acid groups (broad SMARTS) is 1. The number of carboxylic acids is 1. The summed E-state index contributed by atoms with van der Waals surface area (Å²) in [5.74, 6) is -1.87. The Morgan fingerprint density at radius 2 is 1.75 bits per heavy atom. The predicted octanol–water partition coefficient (Wildman–Crippen LogP) is -1.04. The highest BCUT2D eigenvalue weighted by molar-refractivity contribution is 5.90. The lowest BCUT2D eigenvalue weighted by molar-refractivity contribution is -0.875. The molecule has 0 amide bonds. The van der Waals surface area contributed by atoms with E-state index in [2.05, 4.69) is 0 Å². The van der Waals surface area contributed by atoms with E-state index in [0.717, 1.165) is 0 Å². The van der Waals surface area contributed by atoms with Crippen LogP contribution in [0.2, 0.25) is 0 Å². The van der Waals surface area contributed by atoms with Gasteiger partial charge in [0.25, 0.3) is 0 Å². The summed E-state index contributed by atoms with van der Waals surface area (Å²) in [4.78, 5) is 22.0. The molecule has 0 aliphatic carbocycles. The molecule has 6 heteroatoms. The van der Waals surface area contributed by atoms with E-state index in [4.69, 9.17) is 0 Å². The second-order valence-corrected chi connectivity index (χ2v) is 4.81. The van der Waals surface area contributed by atoms with Gasteiger partial charge >= 0.3 is 0 Å². The van der Waals surface area contributed by atoms with Crippen LogP contribution in [0.15, 0.2) is 0 Å². The van der Waals surface area contributed by atoms with Gasteiger partial charge in [0.1, 0.15) is 6.54 Å². The van der Waals surface area contributed by atoms with Crippen LogP contribution in [-0.4, -0.2) is 54.6 Å². The number of quaternary nitrogens is 1. The summed E-state index contributed by atoms with van der Waals surface area (Å²) in [5, 5.41) is 20.5. The van der Waals surface area contributed by atoms with Crippen LogP contribution in [0.5, 0.6) is 0 Å². The number of Topliss-reactive ketones (excluding diaryl/α,β-unsaturated/α-hetero) is 1. The van der Waals surface area contributed by atoms with Gasteiger partial charge in [-0.3, -0.25) is 4.79 Å². The van der Waals surface area contributed by atoms with Crippen LogP contribution in [0.1, 0.15) is 19.8 Å². The second kappa shape index (κ2) is 6.18. The number of nitrogens with zero attached hydrogens (tertiary/aromatic N) is 1. The highest BCUT2D eigenvalue weighted by Crippen LogP contribution is 2.17. The molecule has 0 bridgehead atoms. The minimum absolute atomic E-state index is 0. The molecule has 5 nitrogen and oxygen atoms in total. The van der Waals surface area contributed by atoms with E-state index in [1.165, 1.54) is 0 Å². The normalized spacial score (nSPS) is 14.8. The van der Waals surface area contributed by atoms with Crippen LogP contribution >= 0.6 is 12.4 Å². The Morgan fingerprint density at radius 1 is 1.31 bits per heavy atom. The van der Waals surface area contributed by atoms with E-state index in [1.54, 1.807) is 28.1 Å². The molecule has 0 fully saturated rings. The van der Waals surface area contributed by atoms with Crippen LogP contribution in [0.3, 0.4) is 0 Å². The largest absolute Gasteiger partial charge is 0.550 e. The van der Waals surface area contributed by atoms with Crippen molar-refractivity contribution in [3.8, 4) is 0 Å². The van der Waals surface area contributed by atoms with Crippen LogP contribution in [0, 0.1) is 0 Å². The summed E-state index contributed by atoms with van der Waals surface area (Å²) in [6.45, 7) is 1.66. The van der Waals surface area contributed by atoms with E-state index in [9.17, 15) is 19.8 Å². The highest BCUT2D eigenvalue weighted by Gasteiger charge is 2.39. The molecule has 0 aromatic heterocycles. The van der Waals surface area contributed by atoms with Gasteiger partial charge < -0.3 is 19.5 Å². The molecule has 0 spiro atoms. The lowest BCUT2D eigenvalue weighted by Crippen LogP contribution is -2.55. The summed E-state index contributed by atoms with van der Waals surface area (Å²) in [6.07, 6.45) is -0.529. The Bertz CT molecular complexity index is 262. The maximum Gasteiger partial charge on any atom is 0.177 e. The van der Waals surface area contributed by atoms with Gasteiger partial charge in [-0.25, -0.2) is 0 Å². The molecule has 0 rings (SSSR count). The third-order valence-corrected chi connectivity index (χ3v) is 2.01. The number of hydrogen-bond acceptors (Lipinski definition) is 4. The van der Waals surface area contributed by atoms with E-state index in [1.807, 2.05) is 0 Å². The van der Waals surface area contributed by atoms with Gasteiger partial charge in [0.05, 0.1) is 21.1 Å². The molecule has 0 saturated carbocycles. The summed E-state index contributed by atoms with van der Waals surface area (Å²) >= 11 is 0. The lowest BCUT2D eigenvalue weighted by atomic mass is 9.91. The first-order chi connectivity index (χ1) is 6.60. The molecule has 0 aliphatic rings. The predicted molar refractivity (Wildman–Crippen MR) is 60.0 cm³/mol. The van der Waals surface area contributed by atoms with Gasteiger partial charge in [-0.2, -0.15) is 0 Å². The number of halogens is 1. The number of aliphatic carboxylic acids is 1. The fraction of sp³-hybridized carbons (Fsp3) is 0.800. The molecule has 0 aromatic carbocycles. The number of ketones is 1. The molecule has 0 aromatic rings. The molecule has 16 heavy (non-hydrogen) atoms. The number of likely N-dealkylation sites (N-methyl/N-ethyl adjacent to an activating group) is 1. The van der Waals surface area contributed by atoms with Crippen molar-refractivity contribution in [2.24, 2.45) is 0 Å². The Labute approximate surface area is 102 Å². The number of hydrogen-bond donors (Lipinski definition) is 1. The molecule has 0 radical (unpaired) electrons. The zero-order chi connectivity index (χ0) is 12.3. The van der Waals surface area contributed by atoms with Crippen molar-refractivity contribution in [2.75, 3.05) is 27.7 Å². The fourth-order valence-corrected chi connectivity index (χ4v) is 1.60. The first kappa shape index (κ1) is 17.7. The lowest BCUT2D eigenvalue weighted by Gasteiger charge is -2.34. The van der Waals surface area contributed by atoms with Gasteiger partial charge in [0.15, 0.2) is 11.4 Å². The summed E-state index contributed by atoms with van der Waals surface area (Å²) in [5.41, 5.74) is -1.81. The first-order valence-corrected chi connectivity index (χ1v) is 4.87. The van der Waals surface area contributed by atoms with Gasteiger partial charge in [0, 0.05) is 18.8 Å². The van der Waals surface area contributed by atoms with Crippen molar-refractivity contribution >= 4 is 24.2 Å². The SMILES string of the molecule is CCC(=O)[C@@](O)(CC(=O)[O-])C[N+](C)(C)C.Cl. The van der Waals surface area contributed by atoms with Crippen molar-refractivity contribution in [2.45, 2.75) is 25.4 Å². The van der Waals surface area contributed by atoms with Crippen molar-refractivity contribution < 1.29 is 24.3 Å². The molecule has 0 aliphatic heterocycles. The maximum atomic E-state index is 11.5. The number of aliphatic hydroxyl groups is 1. The highest BCUT2D eigenvalue weighted by atomic mass is 35.5. The maximum absolute atomic E-state index is 11.5. The zero-order valence-corrected chi connectivity index (χ0v) is 11.0. The number of rotatable bonds is 6. The van der Waals surface area contributed by atoms with Crippen LogP contribution in [-0.2, 0) is 9.59 Å². The van der Waals surface area contributed by atoms with Gasteiger partial charge in [-0.1, -0.05) is 6.92 Å². The average molecular weight is 254 g/mol. The summed E-state index contributed by atoms with van der Waals surface area (Å²) in [6, 6.07) is 0. The zero-order valence-electron chi connectivity index (χ0n) is 10.1. The minimum atomic E-state index is -1.81. The Morgan fingerprint density at radius 3 is 2.00 bits per heavy atom. The average Bonchev–Trinajstić information content (AvgIpc) is 1.97. The fourth-order valence-electron chi connectivity index (χ4n) is 1.60. The molecular formula is C10H20ClNO4. The quantitative estimate of drug-likeness (QED) is 0.614. The summed E-state index contributed by atoms with van der Waals surface area (Å²) in [7, 11) is 5.34. The standard InChI is InChI=1S/C10H19NO4.ClH/c1-5-8(12)10(15,6-9(13)14)7-11(2,3)4;/h15H,5-7H2,1-4H3;1H/t10-;/m1./s1. The third kappa shape index (κ3) is 6.05. The van der Waals surface area contributed by atoms with Crippen LogP contribution < -0.4 is 5.11 Å². The van der Waals surface area contributed by atoms with Crippen molar-refractivity contribution in [1.82, 2.24) is 0 Å². The molecule has 1 atom stereocenters. The van der Waals surface area contributed by atoms with E-state index < -0.39 is 23.8 Å². The number of carbonyl (C=O) groups excluding carboxylic acids is 2. The molecule has 0 saturated heterocycles. The third-order valence-electron chi connectivity index (χ3n) is 2.01. The van der Waals surface area contributed by atoms with Crippen molar-refractivity contribution in [3.63, 3.8) is 0 Å². The van der Waals surface area contributed by atoms with Crippen molar-refractivity contribution in [1.29, 1.82) is 0 Å². The van der Waals surface area contributed by atoms with Crippen LogP contribution in [0.4, 0.5) is 0 Å². The van der Waals surface area contributed by atoms with Gasteiger partial charge in [-0.15, -0.1) is 12.4 Å². The Balaban J connectivity index is 0. The van der Waals surface area contributed by atoms with Gasteiger partial charge in [-0.05, 0) is 0 Å². The number of carbonyl (C=O) groups is 2. The van der Waals surface area contributed by atoms with E-state index in [0.29, 0.717) is 4.48 Å². The first-order valence-electron chi connectivity index (χ1n) is 4.87. The monoisotopic (exact) mass is 253 g/mol. The molecule has 0 unspecified atom stereocenters. The molecular weight excluding hydrogens is 234 g/mol. The van der Waals surface area contributed by atoms with Crippen molar-refractivity contribution in [3.05, 3.63) is 0 Å². The van der Waals surface area contributed by atoms with E-state index in [-0.39, 0.29) is 25.4 Å². The molecule has 1 N–H and O–H groups in total. The van der Waals surface area contributed by atoms with Gasteiger partial charge in [0.2, 0.25) is 0 Å². The Kier molecular flexibility index (Phi) is 6.85. The summed E-state index contributed by atoms with van der Waals surface area (Å²) < 4.78 is 0.315. The van der Waals surface area contributed by atoms with Crippen LogP contribution in [0.25, 0.3) is 0 Å². The van der Waals surface area contributed by atoms with E-state index >= 15 is 0 Å². The topological polar surface area (TPSA) is 77.4 Å². The Hall–Kier alpha value is -0.650. The smallest absolute Gasteiger partial charge is 0.177 e. The minimum Gasteiger partial charge on any atom is -0.550 e. The molecule has 96 valence electrons. The second-order valence-electron chi connectivity index (χ2n) is 4.81. The molecule has 0 heterocycles.